The highest BCUT2D eigenvalue weighted by Crippen LogP contribution is 2.18. The summed E-state index contributed by atoms with van der Waals surface area (Å²) in [4.78, 5) is 10.9. The summed E-state index contributed by atoms with van der Waals surface area (Å²) in [6.45, 7) is 3.68. The van der Waals surface area contributed by atoms with Gasteiger partial charge in [0.15, 0.2) is 0 Å². The van der Waals surface area contributed by atoms with E-state index in [0.29, 0.717) is 17.7 Å². The van der Waals surface area contributed by atoms with E-state index in [1.807, 2.05) is 19.1 Å². The maximum absolute atomic E-state index is 10.9. The van der Waals surface area contributed by atoms with Crippen molar-refractivity contribution in [3.05, 3.63) is 29.3 Å². The van der Waals surface area contributed by atoms with E-state index in [9.17, 15) is 4.79 Å². The highest BCUT2D eigenvalue weighted by atomic mass is 16.4. The van der Waals surface area contributed by atoms with Crippen LogP contribution >= 0.6 is 0 Å². The lowest BCUT2D eigenvalue weighted by Gasteiger charge is -2.15. The van der Waals surface area contributed by atoms with Crippen molar-refractivity contribution in [1.29, 1.82) is 5.26 Å². The van der Waals surface area contributed by atoms with E-state index in [-0.39, 0.29) is 0 Å². The fraction of sp³-hybridized carbons (Fsp3) is 0.333. The number of anilines is 1. The molecule has 2 N–H and O–H groups in total. The van der Waals surface area contributed by atoms with E-state index in [2.05, 4.69) is 5.32 Å². The molecule has 4 heteroatoms. The van der Waals surface area contributed by atoms with Gasteiger partial charge in [-0.3, -0.25) is 0 Å². The van der Waals surface area contributed by atoms with Crippen LogP contribution in [-0.2, 0) is 4.79 Å². The van der Waals surface area contributed by atoms with Crippen molar-refractivity contribution >= 4 is 11.7 Å². The molecule has 0 radical (unpaired) electrons. The van der Waals surface area contributed by atoms with Crippen LogP contribution in [0.2, 0.25) is 0 Å². The Morgan fingerprint density at radius 1 is 1.62 bits per heavy atom. The molecule has 84 valence electrons. The summed E-state index contributed by atoms with van der Waals surface area (Å²) in [5.41, 5.74) is 2.03. The number of benzene rings is 1. The standard InChI is InChI=1S/C12H14N2O2/c1-3-10(12(15)16)14-11-6-8(2)4-5-9(11)7-13/h4-6,10,14H,3H2,1-2H3,(H,15,16). The molecule has 0 aromatic heterocycles. The largest absolute Gasteiger partial charge is 0.480 e. The van der Waals surface area contributed by atoms with Gasteiger partial charge in [-0.25, -0.2) is 4.79 Å². The summed E-state index contributed by atoms with van der Waals surface area (Å²) in [7, 11) is 0. The van der Waals surface area contributed by atoms with Crippen LogP contribution in [0.25, 0.3) is 0 Å². The molecule has 0 saturated carbocycles. The first-order valence-electron chi connectivity index (χ1n) is 5.08. The fourth-order valence-corrected chi connectivity index (χ4v) is 1.40. The van der Waals surface area contributed by atoms with Gasteiger partial charge >= 0.3 is 5.97 Å². The normalized spacial score (nSPS) is 11.6. The molecular formula is C12H14N2O2. The SMILES string of the molecule is CCC(Nc1cc(C)ccc1C#N)C(=O)O. The first-order chi connectivity index (χ1) is 7.58. The van der Waals surface area contributed by atoms with E-state index < -0.39 is 12.0 Å². The zero-order valence-electron chi connectivity index (χ0n) is 9.32. The van der Waals surface area contributed by atoms with Gasteiger partial charge in [0.1, 0.15) is 12.1 Å². The Morgan fingerprint density at radius 3 is 2.81 bits per heavy atom. The molecule has 1 unspecified atom stereocenters. The van der Waals surface area contributed by atoms with Gasteiger partial charge in [-0.05, 0) is 31.0 Å². The number of carbonyl (C=O) groups is 1. The van der Waals surface area contributed by atoms with Crippen molar-refractivity contribution in [3.63, 3.8) is 0 Å². The van der Waals surface area contributed by atoms with Crippen molar-refractivity contribution in [1.82, 2.24) is 0 Å². The van der Waals surface area contributed by atoms with Crippen LogP contribution in [0.1, 0.15) is 24.5 Å². The van der Waals surface area contributed by atoms with E-state index in [1.165, 1.54) is 0 Å². The lowest BCUT2D eigenvalue weighted by molar-refractivity contribution is -0.137. The summed E-state index contributed by atoms with van der Waals surface area (Å²) in [6.07, 6.45) is 0.466. The molecule has 0 saturated heterocycles. The summed E-state index contributed by atoms with van der Waals surface area (Å²) < 4.78 is 0. The van der Waals surface area contributed by atoms with Gasteiger partial charge < -0.3 is 10.4 Å². The smallest absolute Gasteiger partial charge is 0.326 e. The first-order valence-corrected chi connectivity index (χ1v) is 5.08. The molecule has 0 aliphatic heterocycles. The molecule has 0 fully saturated rings. The Bertz CT molecular complexity index is 435. The van der Waals surface area contributed by atoms with Crippen LogP contribution in [0.15, 0.2) is 18.2 Å². The van der Waals surface area contributed by atoms with E-state index in [1.54, 1.807) is 19.1 Å². The fourth-order valence-electron chi connectivity index (χ4n) is 1.40. The molecule has 0 spiro atoms. The topological polar surface area (TPSA) is 73.1 Å². The molecule has 0 aliphatic rings. The maximum atomic E-state index is 10.9. The Hall–Kier alpha value is -2.02. The van der Waals surface area contributed by atoms with Crippen LogP contribution in [-0.4, -0.2) is 17.1 Å². The van der Waals surface area contributed by atoms with Crippen molar-refractivity contribution in [3.8, 4) is 6.07 Å². The van der Waals surface area contributed by atoms with Gasteiger partial charge in [0.2, 0.25) is 0 Å². The Balaban J connectivity index is 2.99. The first kappa shape index (κ1) is 12.1. The van der Waals surface area contributed by atoms with Gasteiger partial charge in [-0.1, -0.05) is 13.0 Å². The van der Waals surface area contributed by atoms with Crippen molar-refractivity contribution in [2.45, 2.75) is 26.3 Å². The number of rotatable bonds is 4. The second-order valence-electron chi connectivity index (χ2n) is 3.60. The highest BCUT2D eigenvalue weighted by Gasteiger charge is 2.15. The van der Waals surface area contributed by atoms with Crippen molar-refractivity contribution in [2.75, 3.05) is 5.32 Å². The van der Waals surface area contributed by atoms with Crippen LogP contribution in [0, 0.1) is 18.3 Å². The molecule has 4 nitrogen and oxygen atoms in total. The zero-order valence-corrected chi connectivity index (χ0v) is 9.32. The minimum atomic E-state index is -0.909. The lowest BCUT2D eigenvalue weighted by atomic mass is 10.1. The van der Waals surface area contributed by atoms with Crippen LogP contribution < -0.4 is 5.32 Å². The average molecular weight is 218 g/mol. The molecule has 1 rings (SSSR count). The second-order valence-corrected chi connectivity index (χ2v) is 3.60. The highest BCUT2D eigenvalue weighted by molar-refractivity contribution is 5.78. The molecule has 1 aromatic rings. The number of aliphatic carboxylic acids is 1. The van der Waals surface area contributed by atoms with Gasteiger partial charge in [-0.15, -0.1) is 0 Å². The maximum Gasteiger partial charge on any atom is 0.326 e. The third-order valence-electron chi connectivity index (χ3n) is 2.33. The van der Waals surface area contributed by atoms with Crippen LogP contribution in [0.5, 0.6) is 0 Å². The van der Waals surface area contributed by atoms with Crippen LogP contribution in [0.4, 0.5) is 5.69 Å². The van der Waals surface area contributed by atoms with Crippen molar-refractivity contribution in [2.24, 2.45) is 0 Å². The number of nitrogens with one attached hydrogen (secondary N) is 1. The summed E-state index contributed by atoms with van der Waals surface area (Å²) >= 11 is 0. The van der Waals surface area contributed by atoms with Gasteiger partial charge in [0.25, 0.3) is 0 Å². The van der Waals surface area contributed by atoms with Gasteiger partial charge in [0, 0.05) is 0 Å². The Morgan fingerprint density at radius 2 is 2.31 bits per heavy atom. The number of hydrogen-bond donors (Lipinski definition) is 2. The average Bonchev–Trinajstić information content (AvgIpc) is 2.25. The third-order valence-corrected chi connectivity index (χ3v) is 2.33. The van der Waals surface area contributed by atoms with E-state index >= 15 is 0 Å². The number of carboxylic acids is 1. The predicted molar refractivity (Wildman–Crippen MR) is 61.2 cm³/mol. The molecule has 1 atom stereocenters. The zero-order chi connectivity index (χ0) is 12.1. The van der Waals surface area contributed by atoms with Gasteiger partial charge in [-0.2, -0.15) is 5.26 Å². The lowest BCUT2D eigenvalue weighted by Crippen LogP contribution is -2.28. The van der Waals surface area contributed by atoms with Crippen LogP contribution in [0.3, 0.4) is 0 Å². The van der Waals surface area contributed by atoms with E-state index in [0.717, 1.165) is 5.56 Å². The molecular weight excluding hydrogens is 204 g/mol. The minimum absolute atomic E-state index is 0.463. The molecule has 0 amide bonds. The molecule has 0 heterocycles. The number of nitrogens with zero attached hydrogens (tertiary/aromatic N) is 1. The van der Waals surface area contributed by atoms with E-state index in [4.69, 9.17) is 10.4 Å². The monoisotopic (exact) mass is 218 g/mol. The predicted octanol–water partition coefficient (Wildman–Crippen LogP) is 2.14. The molecule has 0 bridgehead atoms. The molecule has 16 heavy (non-hydrogen) atoms. The number of nitriles is 1. The number of aryl methyl sites for hydroxylation is 1. The second kappa shape index (κ2) is 5.17. The van der Waals surface area contributed by atoms with Crippen molar-refractivity contribution < 1.29 is 9.90 Å². The summed E-state index contributed by atoms with van der Waals surface area (Å²) in [6, 6.07) is 6.67. The Kier molecular flexibility index (Phi) is 3.90. The third kappa shape index (κ3) is 2.74. The summed E-state index contributed by atoms with van der Waals surface area (Å²) in [5.74, 6) is -0.909. The quantitative estimate of drug-likeness (QED) is 0.812. The van der Waals surface area contributed by atoms with Gasteiger partial charge in [0.05, 0.1) is 11.3 Å². The Labute approximate surface area is 94.5 Å². The summed E-state index contributed by atoms with van der Waals surface area (Å²) in [5, 5.41) is 20.7. The molecule has 1 aromatic carbocycles. The minimum Gasteiger partial charge on any atom is -0.480 e. The number of hydrogen-bond acceptors (Lipinski definition) is 3. The number of carboxylic acid groups (broad SMARTS) is 1. The molecule has 0 aliphatic carbocycles.